The molecule has 1 saturated carbocycles. The lowest BCUT2D eigenvalue weighted by molar-refractivity contribution is -0.137. The average Bonchev–Trinajstić information content (AvgIpc) is 3.23. The minimum atomic E-state index is -0.694. The Morgan fingerprint density at radius 3 is 2.72 bits per heavy atom. The van der Waals surface area contributed by atoms with Gasteiger partial charge < -0.3 is 15.3 Å². The number of aryl methyl sites for hydroxylation is 1. The van der Waals surface area contributed by atoms with E-state index in [1.807, 2.05) is 36.5 Å². The Balaban J connectivity index is 1.41. The number of aromatic amines is 1. The van der Waals surface area contributed by atoms with Crippen molar-refractivity contribution in [1.82, 2.24) is 20.4 Å². The van der Waals surface area contributed by atoms with Crippen LogP contribution < -0.4 is 5.32 Å². The van der Waals surface area contributed by atoms with Gasteiger partial charge in [-0.1, -0.05) is 30.3 Å². The minimum Gasteiger partial charge on any atom is -0.391 e. The topological polar surface area (TPSA) is 98.3 Å². The number of carbonyl (C=O) groups is 2. The molecule has 0 saturated heterocycles. The zero-order valence-electron chi connectivity index (χ0n) is 16.9. The van der Waals surface area contributed by atoms with Gasteiger partial charge in [-0.2, -0.15) is 5.10 Å². The van der Waals surface area contributed by atoms with Gasteiger partial charge in [-0.05, 0) is 43.2 Å². The van der Waals surface area contributed by atoms with E-state index in [9.17, 15) is 14.7 Å². The molecule has 1 aliphatic carbocycles. The number of H-pyrrole nitrogens is 1. The van der Waals surface area contributed by atoms with E-state index >= 15 is 0 Å². The van der Waals surface area contributed by atoms with E-state index in [2.05, 4.69) is 15.5 Å². The molecule has 7 nitrogen and oxygen atoms in total. The summed E-state index contributed by atoms with van der Waals surface area (Å²) >= 11 is 0. The van der Waals surface area contributed by atoms with E-state index in [0.29, 0.717) is 32.2 Å². The maximum absolute atomic E-state index is 12.8. The van der Waals surface area contributed by atoms with Crippen molar-refractivity contribution >= 4 is 11.8 Å². The summed E-state index contributed by atoms with van der Waals surface area (Å²) in [5.41, 5.74) is 2.16. The lowest BCUT2D eigenvalue weighted by atomic mass is 9.83. The maximum Gasteiger partial charge on any atom is 0.225 e. The molecule has 29 heavy (non-hydrogen) atoms. The molecule has 0 unspecified atom stereocenters. The van der Waals surface area contributed by atoms with E-state index < -0.39 is 6.10 Å². The first-order valence-electron chi connectivity index (χ1n) is 10.3. The minimum absolute atomic E-state index is 0.0523. The number of nitrogens with zero attached hydrogens (tertiary/aromatic N) is 2. The fraction of sp³-hybridized carbons (Fsp3) is 0.500. The highest BCUT2D eigenvalue weighted by Crippen LogP contribution is 2.27. The van der Waals surface area contributed by atoms with Crippen LogP contribution in [0, 0.1) is 5.92 Å². The van der Waals surface area contributed by atoms with Crippen LogP contribution in [0.3, 0.4) is 0 Å². The molecule has 3 atom stereocenters. The molecule has 1 fully saturated rings. The Morgan fingerprint density at radius 1 is 1.24 bits per heavy atom. The van der Waals surface area contributed by atoms with Gasteiger partial charge in [0.25, 0.3) is 0 Å². The summed E-state index contributed by atoms with van der Waals surface area (Å²) in [6.07, 6.45) is 6.51. The van der Waals surface area contributed by atoms with Crippen LogP contribution in [0.1, 0.15) is 43.2 Å². The number of aliphatic hydroxyl groups is 1. The summed E-state index contributed by atoms with van der Waals surface area (Å²) in [6, 6.07) is 9.59. The molecule has 1 aliphatic rings. The van der Waals surface area contributed by atoms with Crippen LogP contribution in [0.2, 0.25) is 0 Å². The highest BCUT2D eigenvalue weighted by Gasteiger charge is 2.34. The van der Waals surface area contributed by atoms with Crippen LogP contribution in [0.5, 0.6) is 0 Å². The monoisotopic (exact) mass is 398 g/mol. The van der Waals surface area contributed by atoms with Crippen molar-refractivity contribution in [3.8, 4) is 0 Å². The first-order valence-corrected chi connectivity index (χ1v) is 10.3. The third-order valence-corrected chi connectivity index (χ3v) is 5.58. The molecule has 1 aromatic carbocycles. The van der Waals surface area contributed by atoms with Gasteiger partial charge in [-0.15, -0.1) is 0 Å². The lowest BCUT2D eigenvalue weighted by Gasteiger charge is -2.34. The Hall–Kier alpha value is -2.67. The molecule has 0 spiro atoms. The molecule has 1 aromatic heterocycles. The second-order valence-electron chi connectivity index (χ2n) is 7.89. The molecule has 3 rings (SSSR count). The molecule has 0 aliphatic heterocycles. The second kappa shape index (κ2) is 10.2. The summed E-state index contributed by atoms with van der Waals surface area (Å²) in [5.74, 6) is -0.200. The van der Waals surface area contributed by atoms with Gasteiger partial charge in [0.2, 0.25) is 11.8 Å². The predicted molar refractivity (Wildman–Crippen MR) is 110 cm³/mol. The van der Waals surface area contributed by atoms with Gasteiger partial charge in [0.1, 0.15) is 0 Å². The Kier molecular flexibility index (Phi) is 7.41. The molecule has 0 radical (unpaired) electrons. The molecule has 1 heterocycles. The fourth-order valence-corrected chi connectivity index (χ4v) is 3.93. The Labute approximate surface area is 171 Å². The number of rotatable bonds is 8. The van der Waals surface area contributed by atoms with Gasteiger partial charge in [-0.3, -0.25) is 14.7 Å². The number of hydrogen-bond acceptors (Lipinski definition) is 4. The highest BCUT2D eigenvalue weighted by molar-refractivity contribution is 5.79. The van der Waals surface area contributed by atoms with Gasteiger partial charge in [0.05, 0.1) is 18.3 Å². The Morgan fingerprint density at radius 2 is 2.03 bits per heavy atom. The van der Waals surface area contributed by atoms with E-state index in [4.69, 9.17) is 0 Å². The fourth-order valence-electron chi connectivity index (χ4n) is 3.93. The Bertz CT molecular complexity index is 779. The molecule has 0 bridgehead atoms. The molecule has 2 amide bonds. The van der Waals surface area contributed by atoms with Crippen molar-refractivity contribution in [1.29, 1.82) is 0 Å². The predicted octanol–water partition coefficient (Wildman–Crippen LogP) is 2.04. The third-order valence-electron chi connectivity index (χ3n) is 5.58. The van der Waals surface area contributed by atoms with Crippen molar-refractivity contribution < 1.29 is 14.7 Å². The van der Waals surface area contributed by atoms with Crippen molar-refractivity contribution in [2.24, 2.45) is 5.92 Å². The summed E-state index contributed by atoms with van der Waals surface area (Å²) in [4.78, 5) is 26.7. The van der Waals surface area contributed by atoms with Crippen LogP contribution >= 0.6 is 0 Å². The van der Waals surface area contributed by atoms with E-state index in [1.54, 1.807) is 18.1 Å². The number of carbonyl (C=O) groups excluding carboxylic acids is 2. The average molecular weight is 399 g/mol. The van der Waals surface area contributed by atoms with Crippen molar-refractivity contribution in [3.05, 3.63) is 53.9 Å². The van der Waals surface area contributed by atoms with Crippen LogP contribution in [-0.4, -0.2) is 51.2 Å². The summed E-state index contributed by atoms with van der Waals surface area (Å²) in [5, 5.41) is 20.1. The lowest BCUT2D eigenvalue weighted by Crippen LogP contribution is -2.49. The molecular weight excluding hydrogens is 368 g/mol. The highest BCUT2D eigenvalue weighted by atomic mass is 16.3. The standard InChI is InChI=1S/C22H30N4O3/c1-26(15-16-6-3-2-4-7-16)22(29)18-10-11-19(20(27)12-18)25-21(28)9-5-8-17-13-23-24-14-17/h2-4,6-7,13-14,18-20,27H,5,8-12,15H2,1H3,(H,23,24)(H,25,28)/t18-,19+,20+/m0/s1. The van der Waals surface area contributed by atoms with E-state index in [1.165, 1.54) is 0 Å². The molecule has 3 N–H and O–H groups in total. The SMILES string of the molecule is CN(Cc1ccccc1)C(=O)[C@H]1CC[C@@H](NC(=O)CCCc2cn[nH]c2)[C@H](O)C1. The van der Waals surface area contributed by atoms with Crippen molar-refractivity contribution in [2.45, 2.75) is 57.2 Å². The number of amides is 2. The van der Waals surface area contributed by atoms with Gasteiger partial charge >= 0.3 is 0 Å². The van der Waals surface area contributed by atoms with Crippen LogP contribution in [-0.2, 0) is 22.6 Å². The zero-order chi connectivity index (χ0) is 20.6. The van der Waals surface area contributed by atoms with Gasteiger partial charge in [0, 0.05) is 32.1 Å². The molecular formula is C22H30N4O3. The number of nitrogens with one attached hydrogen (secondary N) is 2. The maximum atomic E-state index is 12.8. The van der Waals surface area contributed by atoms with E-state index in [-0.39, 0.29) is 23.8 Å². The van der Waals surface area contributed by atoms with E-state index in [0.717, 1.165) is 24.0 Å². The summed E-state index contributed by atoms with van der Waals surface area (Å²) < 4.78 is 0. The zero-order valence-corrected chi connectivity index (χ0v) is 16.9. The van der Waals surface area contributed by atoms with Gasteiger partial charge in [0.15, 0.2) is 0 Å². The number of hydrogen-bond donors (Lipinski definition) is 3. The first-order chi connectivity index (χ1) is 14.0. The summed E-state index contributed by atoms with van der Waals surface area (Å²) in [6.45, 7) is 0.559. The quantitative estimate of drug-likeness (QED) is 0.634. The van der Waals surface area contributed by atoms with Crippen LogP contribution in [0.25, 0.3) is 0 Å². The molecule has 7 heteroatoms. The van der Waals surface area contributed by atoms with Crippen molar-refractivity contribution in [2.75, 3.05) is 7.05 Å². The van der Waals surface area contributed by atoms with Crippen LogP contribution in [0.15, 0.2) is 42.7 Å². The third kappa shape index (κ3) is 6.15. The van der Waals surface area contributed by atoms with Crippen LogP contribution in [0.4, 0.5) is 0 Å². The summed E-state index contributed by atoms with van der Waals surface area (Å²) in [7, 11) is 1.80. The van der Waals surface area contributed by atoms with Gasteiger partial charge in [-0.25, -0.2) is 0 Å². The van der Waals surface area contributed by atoms with Crippen molar-refractivity contribution in [3.63, 3.8) is 0 Å². The molecule has 156 valence electrons. The normalized spacial score (nSPS) is 21.5. The number of aliphatic hydroxyl groups excluding tert-OH is 1. The number of benzene rings is 1. The first kappa shape index (κ1) is 21.0. The largest absolute Gasteiger partial charge is 0.391 e. The number of aromatic nitrogens is 2. The molecule has 2 aromatic rings. The smallest absolute Gasteiger partial charge is 0.225 e. The second-order valence-corrected chi connectivity index (χ2v) is 7.89.